The van der Waals surface area contributed by atoms with Gasteiger partial charge in [0.05, 0.1) is 0 Å². The first-order valence-corrected chi connectivity index (χ1v) is 6.60. The van der Waals surface area contributed by atoms with E-state index in [0.717, 1.165) is 10.8 Å². The van der Waals surface area contributed by atoms with E-state index in [0.29, 0.717) is 0 Å². The molecule has 1 aliphatic rings. The van der Waals surface area contributed by atoms with Crippen molar-refractivity contribution in [2.45, 2.75) is 55.8 Å². The normalized spacial score (nSPS) is 19.5. The van der Waals surface area contributed by atoms with E-state index in [1.807, 2.05) is 0 Å². The van der Waals surface area contributed by atoms with Crippen LogP contribution in [0.2, 0.25) is 0 Å². The Bertz CT molecular complexity index is 281. The molecule has 0 atom stereocenters. The molecule has 0 spiro atoms. The highest BCUT2D eigenvalue weighted by atomic mass is 32.1. The molecule has 82 valence electrons. The summed E-state index contributed by atoms with van der Waals surface area (Å²) in [4.78, 5) is 1.07. The van der Waals surface area contributed by atoms with E-state index in [1.165, 1.54) is 50.5 Å². The highest BCUT2D eigenvalue weighted by Gasteiger charge is 2.12. The zero-order chi connectivity index (χ0) is 10.5. The highest BCUT2D eigenvalue weighted by Crippen LogP contribution is 2.31. The van der Waals surface area contributed by atoms with Crippen molar-refractivity contribution in [2.75, 3.05) is 0 Å². The lowest BCUT2D eigenvalue weighted by atomic mass is 9.86. The molecule has 15 heavy (non-hydrogen) atoms. The third-order valence-electron chi connectivity index (χ3n) is 3.47. The van der Waals surface area contributed by atoms with E-state index in [9.17, 15) is 0 Å². The molecule has 0 unspecified atom stereocenters. The molecule has 0 radical (unpaired) electrons. The summed E-state index contributed by atoms with van der Waals surface area (Å²) in [5, 5.41) is 0. The Morgan fingerprint density at radius 2 is 1.33 bits per heavy atom. The molecule has 0 amide bonds. The van der Waals surface area contributed by atoms with Crippen LogP contribution in [0.1, 0.15) is 56.4 Å². The fourth-order valence-electron chi connectivity index (χ4n) is 2.54. The molecule has 0 aromatic heterocycles. The van der Waals surface area contributed by atoms with Gasteiger partial charge in [-0.15, -0.1) is 12.6 Å². The molecule has 1 saturated carbocycles. The van der Waals surface area contributed by atoms with Gasteiger partial charge in [0.2, 0.25) is 0 Å². The Hall–Kier alpha value is -0.430. The third kappa shape index (κ3) is 3.27. The minimum atomic E-state index is 0.805. The number of thiol groups is 1. The first-order valence-electron chi connectivity index (χ1n) is 6.15. The average Bonchev–Trinajstić information content (AvgIpc) is 2.19. The van der Waals surface area contributed by atoms with Crippen LogP contribution < -0.4 is 0 Å². The van der Waals surface area contributed by atoms with E-state index in [-0.39, 0.29) is 0 Å². The molecule has 0 saturated heterocycles. The van der Waals surface area contributed by atoms with E-state index in [2.05, 4.69) is 36.9 Å². The fourth-order valence-corrected chi connectivity index (χ4v) is 2.69. The molecule has 1 aliphatic carbocycles. The van der Waals surface area contributed by atoms with Crippen molar-refractivity contribution in [1.29, 1.82) is 0 Å². The van der Waals surface area contributed by atoms with E-state index >= 15 is 0 Å². The van der Waals surface area contributed by atoms with Crippen LogP contribution in [0, 0.1) is 0 Å². The lowest BCUT2D eigenvalue weighted by Crippen LogP contribution is -2.02. The van der Waals surface area contributed by atoms with Gasteiger partial charge in [-0.1, -0.05) is 44.2 Å². The minimum Gasteiger partial charge on any atom is -0.143 e. The maximum Gasteiger partial charge on any atom is 0.00401 e. The van der Waals surface area contributed by atoms with Gasteiger partial charge in [-0.3, -0.25) is 0 Å². The molecule has 0 nitrogen and oxygen atoms in total. The monoisotopic (exact) mass is 220 g/mol. The van der Waals surface area contributed by atoms with Gasteiger partial charge >= 0.3 is 0 Å². The van der Waals surface area contributed by atoms with Crippen LogP contribution in [0.4, 0.5) is 0 Å². The topological polar surface area (TPSA) is 0 Å². The van der Waals surface area contributed by atoms with Crippen molar-refractivity contribution < 1.29 is 0 Å². The molecule has 1 heteroatoms. The standard InChI is InChI=1S/C14H20S/c15-14-10-8-13(9-11-14)12-6-4-2-1-3-5-7-12/h8-12,15H,1-7H2. The zero-order valence-electron chi connectivity index (χ0n) is 9.28. The zero-order valence-corrected chi connectivity index (χ0v) is 10.2. The largest absolute Gasteiger partial charge is 0.143 e. The van der Waals surface area contributed by atoms with Crippen LogP contribution in [-0.4, -0.2) is 0 Å². The smallest absolute Gasteiger partial charge is 0.00401 e. The molecule has 1 fully saturated rings. The first kappa shape index (κ1) is 11.1. The first-order chi connectivity index (χ1) is 7.36. The molecule has 1 aromatic carbocycles. The Labute approximate surface area is 98.5 Å². The van der Waals surface area contributed by atoms with Crippen LogP contribution in [0.15, 0.2) is 29.2 Å². The van der Waals surface area contributed by atoms with Crippen molar-refractivity contribution in [3.8, 4) is 0 Å². The average molecular weight is 220 g/mol. The van der Waals surface area contributed by atoms with Crippen LogP contribution in [0.25, 0.3) is 0 Å². The van der Waals surface area contributed by atoms with Gasteiger partial charge in [0.15, 0.2) is 0 Å². The molecule has 1 aromatic rings. The predicted octanol–water partition coefficient (Wildman–Crippen LogP) is 4.80. The summed E-state index contributed by atoms with van der Waals surface area (Å²) in [5.41, 5.74) is 1.52. The van der Waals surface area contributed by atoms with Gasteiger partial charge in [-0.05, 0) is 36.5 Å². The number of rotatable bonds is 1. The van der Waals surface area contributed by atoms with Crippen LogP contribution in [0.5, 0.6) is 0 Å². The maximum absolute atomic E-state index is 4.33. The van der Waals surface area contributed by atoms with E-state index < -0.39 is 0 Å². The Balaban J connectivity index is 2.03. The second-order valence-electron chi connectivity index (χ2n) is 4.63. The van der Waals surface area contributed by atoms with Crippen molar-refractivity contribution in [3.63, 3.8) is 0 Å². The van der Waals surface area contributed by atoms with Crippen molar-refractivity contribution >= 4 is 12.6 Å². The van der Waals surface area contributed by atoms with E-state index in [1.54, 1.807) is 0 Å². The summed E-state index contributed by atoms with van der Waals surface area (Å²) in [6, 6.07) is 8.76. The molecule has 2 rings (SSSR count). The highest BCUT2D eigenvalue weighted by molar-refractivity contribution is 7.80. The summed E-state index contributed by atoms with van der Waals surface area (Å²) >= 11 is 4.33. The van der Waals surface area contributed by atoms with E-state index in [4.69, 9.17) is 0 Å². The van der Waals surface area contributed by atoms with Gasteiger partial charge in [0.1, 0.15) is 0 Å². The third-order valence-corrected chi connectivity index (χ3v) is 3.77. The number of hydrogen-bond donors (Lipinski definition) is 1. The summed E-state index contributed by atoms with van der Waals surface area (Å²) in [6.07, 6.45) is 9.89. The lowest BCUT2D eigenvalue weighted by Gasteiger charge is -2.20. The number of hydrogen-bond acceptors (Lipinski definition) is 1. The van der Waals surface area contributed by atoms with Crippen LogP contribution >= 0.6 is 12.6 Å². The molecule has 0 N–H and O–H groups in total. The molecular formula is C14H20S. The summed E-state index contributed by atoms with van der Waals surface area (Å²) in [6.45, 7) is 0. The second kappa shape index (κ2) is 5.60. The minimum absolute atomic E-state index is 0.805. The Kier molecular flexibility index (Phi) is 4.13. The lowest BCUT2D eigenvalue weighted by molar-refractivity contribution is 0.455. The fraction of sp³-hybridized carbons (Fsp3) is 0.571. The van der Waals surface area contributed by atoms with Gasteiger partial charge in [-0.2, -0.15) is 0 Å². The second-order valence-corrected chi connectivity index (χ2v) is 5.15. The van der Waals surface area contributed by atoms with Gasteiger partial charge in [0, 0.05) is 4.90 Å². The Morgan fingerprint density at radius 1 is 0.800 bits per heavy atom. The van der Waals surface area contributed by atoms with Gasteiger partial charge in [-0.25, -0.2) is 0 Å². The van der Waals surface area contributed by atoms with Crippen LogP contribution in [-0.2, 0) is 0 Å². The molecule has 0 heterocycles. The van der Waals surface area contributed by atoms with Gasteiger partial charge in [0.25, 0.3) is 0 Å². The summed E-state index contributed by atoms with van der Waals surface area (Å²) < 4.78 is 0. The summed E-state index contributed by atoms with van der Waals surface area (Å²) in [5.74, 6) is 0.805. The van der Waals surface area contributed by atoms with Crippen molar-refractivity contribution in [3.05, 3.63) is 29.8 Å². The van der Waals surface area contributed by atoms with Crippen molar-refractivity contribution in [2.24, 2.45) is 0 Å². The SMILES string of the molecule is Sc1ccc(C2CCCCCCC2)cc1. The maximum atomic E-state index is 4.33. The Morgan fingerprint density at radius 3 is 1.93 bits per heavy atom. The molecule has 0 aliphatic heterocycles. The molecule has 0 bridgehead atoms. The number of benzene rings is 1. The van der Waals surface area contributed by atoms with Gasteiger partial charge < -0.3 is 0 Å². The predicted molar refractivity (Wildman–Crippen MR) is 68.8 cm³/mol. The van der Waals surface area contributed by atoms with Crippen LogP contribution in [0.3, 0.4) is 0 Å². The van der Waals surface area contributed by atoms with Crippen molar-refractivity contribution in [1.82, 2.24) is 0 Å². The quantitative estimate of drug-likeness (QED) is 0.645. The molecular weight excluding hydrogens is 200 g/mol. The summed E-state index contributed by atoms with van der Waals surface area (Å²) in [7, 11) is 0.